The molecule has 6 nitrogen and oxygen atoms in total. The molecular weight excluding hydrogens is 436 g/mol. The lowest BCUT2D eigenvalue weighted by molar-refractivity contribution is -0.119. The van der Waals surface area contributed by atoms with Crippen molar-refractivity contribution in [2.24, 2.45) is 5.92 Å². The summed E-state index contributed by atoms with van der Waals surface area (Å²) in [7, 11) is 0. The van der Waals surface area contributed by atoms with Gasteiger partial charge in [0.15, 0.2) is 0 Å². The van der Waals surface area contributed by atoms with Crippen LogP contribution in [0.4, 0.5) is 5.69 Å². The van der Waals surface area contributed by atoms with Crippen LogP contribution in [0.3, 0.4) is 0 Å². The van der Waals surface area contributed by atoms with E-state index in [4.69, 9.17) is 0 Å². The number of hydrogen-bond acceptors (Lipinski definition) is 7. The summed E-state index contributed by atoms with van der Waals surface area (Å²) in [6.45, 7) is 6.14. The van der Waals surface area contributed by atoms with Crippen LogP contribution in [-0.2, 0) is 10.5 Å². The van der Waals surface area contributed by atoms with Gasteiger partial charge < -0.3 is 10.6 Å². The van der Waals surface area contributed by atoms with Gasteiger partial charge in [0.05, 0.1) is 11.8 Å². The number of nitrogens with one attached hydrogen (secondary N) is 2. The fraction of sp³-hybridized carbons (Fsp3) is 0.333. The van der Waals surface area contributed by atoms with Crippen LogP contribution >= 0.6 is 34.4 Å². The van der Waals surface area contributed by atoms with Crippen LogP contribution in [0.25, 0.3) is 0 Å². The molecule has 9 heteroatoms. The van der Waals surface area contributed by atoms with Crippen LogP contribution in [0.2, 0.25) is 0 Å². The highest BCUT2D eigenvalue weighted by molar-refractivity contribution is 7.99. The van der Waals surface area contributed by atoms with E-state index in [0.29, 0.717) is 22.4 Å². The molecule has 0 bridgehead atoms. The number of carbonyl (C=O) groups excluding carboxylic acids is 2. The number of carbonyl (C=O) groups is 2. The Balaban J connectivity index is 1.47. The third kappa shape index (κ3) is 6.13. The first-order valence-electron chi connectivity index (χ1n) is 9.54. The minimum Gasteiger partial charge on any atom is -0.348 e. The van der Waals surface area contributed by atoms with Crippen molar-refractivity contribution in [3.8, 4) is 0 Å². The Hall–Kier alpha value is -2.23. The van der Waals surface area contributed by atoms with Gasteiger partial charge in [-0.25, -0.2) is 0 Å². The summed E-state index contributed by atoms with van der Waals surface area (Å²) in [4.78, 5) is 25.9. The van der Waals surface area contributed by atoms with E-state index in [-0.39, 0.29) is 17.9 Å². The van der Waals surface area contributed by atoms with Crippen molar-refractivity contribution in [3.05, 3.63) is 62.2 Å². The number of anilines is 1. The number of benzene rings is 1. The molecule has 0 aliphatic rings. The molecule has 0 aliphatic carbocycles. The van der Waals surface area contributed by atoms with Gasteiger partial charge in [-0.05, 0) is 35.9 Å². The predicted octanol–water partition coefficient (Wildman–Crippen LogP) is 4.91. The quantitative estimate of drug-likeness (QED) is 0.474. The van der Waals surface area contributed by atoms with E-state index < -0.39 is 0 Å². The molecule has 0 radical (unpaired) electrons. The number of amides is 2. The molecule has 0 spiro atoms. The van der Waals surface area contributed by atoms with Gasteiger partial charge in [0.2, 0.25) is 10.9 Å². The van der Waals surface area contributed by atoms with Gasteiger partial charge in [-0.3, -0.25) is 9.59 Å². The van der Waals surface area contributed by atoms with E-state index in [1.165, 1.54) is 23.1 Å². The second kappa shape index (κ2) is 10.7. The molecule has 3 aromatic rings. The van der Waals surface area contributed by atoms with E-state index >= 15 is 0 Å². The molecule has 1 atom stereocenters. The maximum atomic E-state index is 12.4. The SMILES string of the molecule is Cc1ccccc1NC(=O)c1nnc(CSCC(=O)N[C@H](c2cccs2)C(C)C)s1. The zero-order chi connectivity index (χ0) is 21.5. The molecule has 2 heterocycles. The lowest BCUT2D eigenvalue weighted by Crippen LogP contribution is -2.32. The molecule has 0 fully saturated rings. The first-order valence-corrected chi connectivity index (χ1v) is 12.4. The monoisotopic (exact) mass is 460 g/mol. The van der Waals surface area contributed by atoms with Crippen molar-refractivity contribution in [2.45, 2.75) is 32.6 Å². The predicted molar refractivity (Wildman–Crippen MR) is 125 cm³/mol. The number of nitrogens with zero attached hydrogens (tertiary/aromatic N) is 2. The van der Waals surface area contributed by atoms with E-state index in [9.17, 15) is 9.59 Å². The molecule has 2 aromatic heterocycles. The second-order valence-electron chi connectivity index (χ2n) is 7.07. The highest BCUT2D eigenvalue weighted by Gasteiger charge is 2.19. The van der Waals surface area contributed by atoms with Crippen LogP contribution in [0.1, 0.15) is 45.1 Å². The summed E-state index contributed by atoms with van der Waals surface area (Å²) in [6, 6.07) is 11.7. The molecule has 30 heavy (non-hydrogen) atoms. The molecule has 2 N–H and O–H groups in total. The Morgan fingerprint density at radius 3 is 2.63 bits per heavy atom. The third-order valence-electron chi connectivity index (χ3n) is 4.35. The number of hydrogen-bond donors (Lipinski definition) is 2. The van der Waals surface area contributed by atoms with Crippen LogP contribution in [0.5, 0.6) is 0 Å². The van der Waals surface area contributed by atoms with Crippen molar-refractivity contribution < 1.29 is 9.59 Å². The molecule has 1 aromatic carbocycles. The standard InChI is InChI=1S/C21H24N4O2S3/c1-13(2)19(16-9-6-10-29-16)23-17(26)11-28-12-18-24-25-21(30-18)20(27)22-15-8-5-4-7-14(15)3/h4-10,13,19H,11-12H2,1-3H3,(H,22,27)(H,23,26)/t19-/m0/s1. The van der Waals surface area contributed by atoms with E-state index in [2.05, 4.69) is 34.7 Å². The molecule has 0 aliphatic heterocycles. The van der Waals surface area contributed by atoms with Crippen LogP contribution in [-0.4, -0.2) is 27.8 Å². The average molecular weight is 461 g/mol. The minimum absolute atomic E-state index is 0.00543. The molecule has 2 amide bonds. The third-order valence-corrected chi connectivity index (χ3v) is 7.35. The lowest BCUT2D eigenvalue weighted by atomic mass is 10.0. The molecular formula is C21H24N4O2S3. The summed E-state index contributed by atoms with van der Waals surface area (Å²) >= 11 is 4.37. The van der Waals surface area contributed by atoms with Gasteiger partial charge in [0.25, 0.3) is 5.91 Å². The molecule has 158 valence electrons. The zero-order valence-electron chi connectivity index (χ0n) is 17.0. The van der Waals surface area contributed by atoms with E-state index in [1.807, 2.05) is 48.7 Å². The Kier molecular flexibility index (Phi) is 8.01. The van der Waals surface area contributed by atoms with Crippen molar-refractivity contribution in [1.29, 1.82) is 0 Å². The Morgan fingerprint density at radius 2 is 1.93 bits per heavy atom. The number of para-hydroxylation sites is 1. The molecule has 0 unspecified atom stereocenters. The fourth-order valence-electron chi connectivity index (χ4n) is 2.77. The Bertz CT molecular complexity index is 986. The first-order chi connectivity index (χ1) is 14.4. The Labute approximate surface area is 188 Å². The number of rotatable bonds is 9. The van der Waals surface area contributed by atoms with Gasteiger partial charge in [-0.1, -0.05) is 49.4 Å². The van der Waals surface area contributed by atoms with Crippen molar-refractivity contribution in [1.82, 2.24) is 15.5 Å². The Morgan fingerprint density at radius 1 is 1.13 bits per heavy atom. The van der Waals surface area contributed by atoms with Crippen LogP contribution in [0, 0.1) is 12.8 Å². The highest BCUT2D eigenvalue weighted by atomic mass is 32.2. The van der Waals surface area contributed by atoms with Gasteiger partial charge in [-0.2, -0.15) is 0 Å². The van der Waals surface area contributed by atoms with E-state index in [0.717, 1.165) is 21.1 Å². The van der Waals surface area contributed by atoms with Gasteiger partial charge >= 0.3 is 0 Å². The summed E-state index contributed by atoms with van der Waals surface area (Å²) in [6.07, 6.45) is 0. The topological polar surface area (TPSA) is 84.0 Å². The maximum absolute atomic E-state index is 12.4. The second-order valence-corrected chi connectivity index (χ2v) is 10.1. The summed E-state index contributed by atoms with van der Waals surface area (Å²) < 4.78 is 0. The molecule has 0 saturated heterocycles. The van der Waals surface area contributed by atoms with Crippen LogP contribution < -0.4 is 10.6 Å². The van der Waals surface area contributed by atoms with Gasteiger partial charge in [0, 0.05) is 16.3 Å². The number of thioether (sulfide) groups is 1. The minimum atomic E-state index is -0.272. The smallest absolute Gasteiger partial charge is 0.286 e. The van der Waals surface area contributed by atoms with Gasteiger partial charge in [-0.15, -0.1) is 33.3 Å². The fourth-order valence-corrected chi connectivity index (χ4v) is 5.34. The summed E-state index contributed by atoms with van der Waals surface area (Å²) in [5, 5.41) is 17.1. The largest absolute Gasteiger partial charge is 0.348 e. The highest BCUT2D eigenvalue weighted by Crippen LogP contribution is 2.26. The number of thiophene rings is 1. The average Bonchev–Trinajstić information content (AvgIpc) is 3.40. The molecule has 3 rings (SSSR count). The maximum Gasteiger partial charge on any atom is 0.286 e. The summed E-state index contributed by atoms with van der Waals surface area (Å²) in [5.41, 5.74) is 1.75. The first kappa shape index (κ1) is 22.5. The summed E-state index contributed by atoms with van der Waals surface area (Å²) in [5.74, 6) is 0.906. The lowest BCUT2D eigenvalue weighted by Gasteiger charge is -2.21. The van der Waals surface area contributed by atoms with E-state index in [1.54, 1.807) is 11.3 Å². The van der Waals surface area contributed by atoms with Crippen molar-refractivity contribution in [2.75, 3.05) is 11.1 Å². The van der Waals surface area contributed by atoms with Crippen molar-refractivity contribution in [3.63, 3.8) is 0 Å². The van der Waals surface area contributed by atoms with Crippen molar-refractivity contribution >= 4 is 51.9 Å². The zero-order valence-corrected chi connectivity index (χ0v) is 19.5. The number of aryl methyl sites for hydroxylation is 1. The van der Waals surface area contributed by atoms with Crippen LogP contribution in [0.15, 0.2) is 41.8 Å². The molecule has 0 saturated carbocycles. The van der Waals surface area contributed by atoms with Gasteiger partial charge in [0.1, 0.15) is 5.01 Å². The normalized spacial score (nSPS) is 12.0. The number of aromatic nitrogens is 2.